The Kier molecular flexibility index (Phi) is 3.40. The summed E-state index contributed by atoms with van der Waals surface area (Å²) >= 11 is 0. The fourth-order valence-corrected chi connectivity index (χ4v) is 0.565. The topological polar surface area (TPSA) is 0 Å². The predicted octanol–water partition coefficient (Wildman–Crippen LogP) is 3.14. The maximum absolute atomic E-state index is 12.4. The molecule has 0 rings (SSSR count). The fourth-order valence-electron chi connectivity index (χ4n) is 0.565. The van der Waals surface area contributed by atoms with E-state index in [-0.39, 0.29) is 13.0 Å². The lowest BCUT2D eigenvalue weighted by atomic mass is 10.1. The maximum Gasteiger partial charge on any atom is 0.299 e. The van der Waals surface area contributed by atoms with Crippen LogP contribution in [0, 0.1) is 0 Å². The molecular weight excluding hydrogens is 198 g/mol. The molecule has 0 aromatic heterocycles. The van der Waals surface area contributed by atoms with Gasteiger partial charge in [0.2, 0.25) is 12.3 Å². The van der Waals surface area contributed by atoms with Gasteiger partial charge in [-0.3, -0.25) is 0 Å². The van der Waals surface area contributed by atoms with E-state index in [1.165, 1.54) is 0 Å². The number of alkyl halides is 6. The zero-order chi connectivity index (χ0) is 10.9. The molecule has 2 atom stereocenters. The molecular formula is C7H8F6. The zero-order valence-corrected chi connectivity index (χ0v) is 6.71. The number of hydrogen-bond acceptors (Lipinski definition) is 0. The Morgan fingerprint density at radius 2 is 1.46 bits per heavy atom. The Morgan fingerprint density at radius 1 is 1.08 bits per heavy atom. The first-order valence-corrected chi connectivity index (χ1v) is 3.30. The van der Waals surface area contributed by atoms with Crippen molar-refractivity contribution in [3.63, 3.8) is 0 Å². The lowest BCUT2D eigenvalue weighted by Crippen LogP contribution is -2.44. The summed E-state index contributed by atoms with van der Waals surface area (Å²) in [6.45, 7) is 2.55. The molecule has 0 saturated heterocycles. The van der Waals surface area contributed by atoms with Gasteiger partial charge in [0, 0.05) is 6.92 Å². The summed E-state index contributed by atoms with van der Waals surface area (Å²) in [4.78, 5) is 0. The van der Waals surface area contributed by atoms with Crippen LogP contribution in [0.25, 0.3) is 0 Å². The van der Waals surface area contributed by atoms with Crippen molar-refractivity contribution in [2.45, 2.75) is 31.1 Å². The highest BCUT2D eigenvalue weighted by atomic mass is 19.3. The summed E-state index contributed by atoms with van der Waals surface area (Å²) in [6, 6.07) is 0. The third kappa shape index (κ3) is 2.93. The largest absolute Gasteiger partial charge is 0.299 e. The molecule has 0 aromatic carbocycles. The Hall–Kier alpha value is -0.680. The van der Waals surface area contributed by atoms with Crippen LogP contribution in [0.4, 0.5) is 26.3 Å². The van der Waals surface area contributed by atoms with E-state index in [0.717, 1.165) is 0 Å². The summed E-state index contributed by atoms with van der Waals surface area (Å²) in [6.07, 6.45) is -7.32. The second-order valence-corrected chi connectivity index (χ2v) is 2.64. The van der Waals surface area contributed by atoms with Crippen LogP contribution in [0.5, 0.6) is 0 Å². The van der Waals surface area contributed by atoms with Crippen LogP contribution in [-0.4, -0.2) is 24.2 Å². The van der Waals surface area contributed by atoms with Gasteiger partial charge in [-0.15, -0.1) is 0 Å². The van der Waals surface area contributed by atoms with Gasteiger partial charge in [0.1, 0.15) is 0 Å². The summed E-state index contributed by atoms with van der Waals surface area (Å²) in [5.74, 6) is -8.41. The van der Waals surface area contributed by atoms with E-state index in [1.807, 2.05) is 0 Å². The molecule has 0 aliphatic heterocycles. The molecule has 13 heavy (non-hydrogen) atoms. The van der Waals surface area contributed by atoms with Crippen LogP contribution in [-0.2, 0) is 0 Å². The van der Waals surface area contributed by atoms with Crippen LogP contribution >= 0.6 is 0 Å². The standard InChI is InChI=1S/C7H8F6/c1-3-7(12,13)5(9)4(8)6(2,10)11/h3-5H,1H2,2H3. The predicted molar refractivity (Wildman–Crippen MR) is 35.6 cm³/mol. The quantitative estimate of drug-likeness (QED) is 0.489. The van der Waals surface area contributed by atoms with Gasteiger partial charge in [0.05, 0.1) is 0 Å². The first kappa shape index (κ1) is 12.3. The van der Waals surface area contributed by atoms with Gasteiger partial charge in [-0.1, -0.05) is 6.58 Å². The molecule has 0 spiro atoms. The molecule has 0 nitrogen and oxygen atoms in total. The van der Waals surface area contributed by atoms with E-state index < -0.39 is 24.2 Å². The van der Waals surface area contributed by atoms with Gasteiger partial charge in [0.15, 0.2) is 0 Å². The molecule has 2 unspecified atom stereocenters. The van der Waals surface area contributed by atoms with Crippen LogP contribution in [0.2, 0.25) is 0 Å². The molecule has 6 heteroatoms. The number of halogens is 6. The fraction of sp³-hybridized carbons (Fsp3) is 0.714. The van der Waals surface area contributed by atoms with Crippen LogP contribution in [0.15, 0.2) is 12.7 Å². The Bertz CT molecular complexity index is 182. The van der Waals surface area contributed by atoms with Gasteiger partial charge < -0.3 is 0 Å². The summed E-state index contributed by atoms with van der Waals surface area (Å²) in [5, 5.41) is 0. The average Bonchev–Trinajstić information content (AvgIpc) is 2.00. The third-order valence-electron chi connectivity index (χ3n) is 1.38. The summed E-state index contributed by atoms with van der Waals surface area (Å²) in [7, 11) is 0. The molecule has 0 aromatic rings. The molecule has 0 heterocycles. The van der Waals surface area contributed by atoms with Gasteiger partial charge in [-0.2, -0.15) is 8.78 Å². The van der Waals surface area contributed by atoms with Gasteiger partial charge in [0.25, 0.3) is 11.8 Å². The second-order valence-electron chi connectivity index (χ2n) is 2.64. The van der Waals surface area contributed by atoms with Crippen molar-refractivity contribution in [1.29, 1.82) is 0 Å². The minimum absolute atomic E-state index is 0.0312. The minimum Gasteiger partial charge on any atom is -0.237 e. The molecule has 0 radical (unpaired) electrons. The van der Waals surface area contributed by atoms with Crippen LogP contribution in [0.3, 0.4) is 0 Å². The SMILES string of the molecule is C=CC(F)(F)C(F)C(F)C(C)(F)F. The summed E-state index contributed by atoms with van der Waals surface area (Å²) < 4.78 is 73.3. The molecule has 78 valence electrons. The van der Waals surface area contributed by atoms with E-state index >= 15 is 0 Å². The van der Waals surface area contributed by atoms with Crippen molar-refractivity contribution >= 4 is 0 Å². The Morgan fingerprint density at radius 3 is 1.69 bits per heavy atom. The van der Waals surface area contributed by atoms with Crippen molar-refractivity contribution in [2.75, 3.05) is 0 Å². The number of allylic oxidation sites excluding steroid dienone is 1. The first-order valence-electron chi connectivity index (χ1n) is 3.30. The Balaban J connectivity index is 4.61. The van der Waals surface area contributed by atoms with Crippen molar-refractivity contribution in [1.82, 2.24) is 0 Å². The first-order chi connectivity index (χ1) is 5.63. The highest BCUT2D eigenvalue weighted by Gasteiger charge is 2.51. The van der Waals surface area contributed by atoms with Crippen molar-refractivity contribution in [2.24, 2.45) is 0 Å². The molecule has 0 fully saturated rings. The van der Waals surface area contributed by atoms with E-state index in [2.05, 4.69) is 6.58 Å². The molecule has 0 bridgehead atoms. The van der Waals surface area contributed by atoms with Crippen molar-refractivity contribution < 1.29 is 26.3 Å². The van der Waals surface area contributed by atoms with E-state index in [1.54, 1.807) is 0 Å². The highest BCUT2D eigenvalue weighted by molar-refractivity contribution is 4.99. The monoisotopic (exact) mass is 206 g/mol. The molecule has 0 amide bonds. The van der Waals surface area contributed by atoms with Gasteiger partial charge >= 0.3 is 0 Å². The smallest absolute Gasteiger partial charge is 0.237 e. The maximum atomic E-state index is 12.4. The third-order valence-corrected chi connectivity index (χ3v) is 1.38. The van der Waals surface area contributed by atoms with Crippen molar-refractivity contribution in [3.05, 3.63) is 12.7 Å². The lowest BCUT2D eigenvalue weighted by Gasteiger charge is -2.23. The number of rotatable bonds is 4. The number of hydrogen-bond donors (Lipinski definition) is 0. The van der Waals surface area contributed by atoms with E-state index in [0.29, 0.717) is 0 Å². The lowest BCUT2D eigenvalue weighted by molar-refractivity contribution is -0.139. The van der Waals surface area contributed by atoms with E-state index in [4.69, 9.17) is 0 Å². The molecule has 0 aliphatic rings. The Labute approximate surface area is 71.2 Å². The van der Waals surface area contributed by atoms with Gasteiger partial charge in [-0.25, -0.2) is 17.6 Å². The van der Waals surface area contributed by atoms with Crippen LogP contribution < -0.4 is 0 Å². The zero-order valence-electron chi connectivity index (χ0n) is 6.71. The van der Waals surface area contributed by atoms with Gasteiger partial charge in [-0.05, 0) is 6.08 Å². The normalized spacial score (nSPS) is 18.1. The molecule has 0 saturated carbocycles. The molecule has 0 N–H and O–H groups in total. The average molecular weight is 206 g/mol. The molecule has 0 aliphatic carbocycles. The second kappa shape index (κ2) is 3.59. The minimum atomic E-state index is -4.28. The van der Waals surface area contributed by atoms with E-state index in [9.17, 15) is 26.3 Å². The van der Waals surface area contributed by atoms with Crippen LogP contribution in [0.1, 0.15) is 6.92 Å². The highest BCUT2D eigenvalue weighted by Crippen LogP contribution is 2.33. The van der Waals surface area contributed by atoms with Crippen molar-refractivity contribution in [3.8, 4) is 0 Å². The summed E-state index contributed by atoms with van der Waals surface area (Å²) in [5.41, 5.74) is 0.